The monoisotopic (exact) mass is 283 g/mol. The first-order valence-corrected chi connectivity index (χ1v) is 6.00. The Morgan fingerprint density at radius 1 is 1.25 bits per heavy atom. The van der Waals surface area contributed by atoms with E-state index in [0.717, 1.165) is 11.9 Å². The van der Waals surface area contributed by atoms with Gasteiger partial charge in [-0.15, -0.1) is 0 Å². The molecular weight excluding hydrogens is 270 g/mol. The average Bonchev–Trinajstić information content (AvgIpc) is 2.96. The molecule has 2 fully saturated rings. The molecule has 0 aromatic carbocycles. The second-order valence-corrected chi connectivity index (χ2v) is 4.62. The van der Waals surface area contributed by atoms with Crippen molar-refractivity contribution in [3.8, 4) is 0 Å². The molecule has 1 N–H and O–H groups in total. The largest absolute Gasteiger partial charge is 0.480 e. The van der Waals surface area contributed by atoms with Gasteiger partial charge in [0.05, 0.1) is 0 Å². The van der Waals surface area contributed by atoms with Crippen LogP contribution in [-0.2, 0) is 19.2 Å². The lowest BCUT2D eigenvalue weighted by Gasteiger charge is -2.23. The van der Waals surface area contributed by atoms with Crippen LogP contribution < -0.4 is 0 Å². The summed E-state index contributed by atoms with van der Waals surface area (Å²) in [5.74, 6) is -3.85. The van der Waals surface area contributed by atoms with Crippen molar-refractivity contribution in [1.29, 1.82) is 0 Å². The van der Waals surface area contributed by atoms with Crippen molar-refractivity contribution in [3.63, 3.8) is 0 Å². The Balaban J connectivity index is 2.09. The van der Waals surface area contributed by atoms with Crippen molar-refractivity contribution in [2.45, 2.75) is 18.9 Å². The fraction of sp³-hybridized carbons (Fsp3) is 0.545. The summed E-state index contributed by atoms with van der Waals surface area (Å²) in [5.41, 5.74) is 0. The Morgan fingerprint density at radius 3 is 2.40 bits per heavy atom. The number of rotatable bonds is 3. The first kappa shape index (κ1) is 14.0. The van der Waals surface area contributed by atoms with Gasteiger partial charge in [-0.25, -0.2) is 14.5 Å². The highest BCUT2D eigenvalue weighted by Crippen LogP contribution is 2.19. The Labute approximate surface area is 113 Å². The molecule has 0 unspecified atom stereocenters. The van der Waals surface area contributed by atoms with E-state index < -0.39 is 42.3 Å². The third-order valence-electron chi connectivity index (χ3n) is 3.40. The molecule has 5 amide bonds. The number of carboxylic acid groups (broad SMARTS) is 1. The van der Waals surface area contributed by atoms with Crippen LogP contribution in [0.4, 0.5) is 4.79 Å². The fourth-order valence-corrected chi connectivity index (χ4v) is 2.30. The number of carbonyl (C=O) groups is 5. The molecule has 0 saturated carbocycles. The minimum Gasteiger partial charge on any atom is -0.480 e. The van der Waals surface area contributed by atoms with Gasteiger partial charge in [-0.3, -0.25) is 19.3 Å². The maximum atomic E-state index is 12.0. The number of hydrogen-bond acceptors (Lipinski definition) is 5. The molecule has 1 atom stereocenters. The first-order valence-electron chi connectivity index (χ1n) is 6.00. The molecule has 108 valence electrons. The molecule has 2 aliphatic heterocycles. The summed E-state index contributed by atoms with van der Waals surface area (Å²) < 4.78 is 0. The summed E-state index contributed by atoms with van der Waals surface area (Å²) in [7, 11) is 1.14. The van der Waals surface area contributed by atoms with E-state index in [-0.39, 0.29) is 6.54 Å². The van der Waals surface area contributed by atoms with Gasteiger partial charge in [-0.05, 0) is 12.8 Å². The number of likely N-dealkylation sites (N-methyl/N-ethyl adjacent to an activating group) is 1. The minimum atomic E-state index is -1.12. The number of nitrogens with zero attached hydrogens (tertiary/aromatic N) is 3. The Morgan fingerprint density at radius 2 is 1.90 bits per heavy atom. The number of carbonyl (C=O) groups excluding carboxylic acids is 4. The van der Waals surface area contributed by atoms with Gasteiger partial charge >= 0.3 is 23.8 Å². The zero-order valence-corrected chi connectivity index (χ0v) is 10.7. The van der Waals surface area contributed by atoms with E-state index in [1.54, 1.807) is 0 Å². The van der Waals surface area contributed by atoms with Crippen LogP contribution in [0.25, 0.3) is 0 Å². The number of urea groups is 1. The summed E-state index contributed by atoms with van der Waals surface area (Å²) in [5, 5.41) is 8.98. The zero-order chi connectivity index (χ0) is 15.0. The molecule has 0 spiro atoms. The average molecular weight is 283 g/mol. The van der Waals surface area contributed by atoms with Crippen LogP contribution in [0.1, 0.15) is 12.8 Å². The van der Waals surface area contributed by atoms with Crippen molar-refractivity contribution in [2.75, 3.05) is 20.1 Å². The van der Waals surface area contributed by atoms with E-state index in [9.17, 15) is 24.0 Å². The predicted octanol–water partition coefficient (Wildman–Crippen LogP) is -1.52. The molecule has 0 aromatic rings. The van der Waals surface area contributed by atoms with Gasteiger partial charge in [-0.2, -0.15) is 0 Å². The number of likely N-dealkylation sites (tertiary alicyclic amines) is 1. The molecule has 20 heavy (non-hydrogen) atoms. The van der Waals surface area contributed by atoms with E-state index in [1.807, 2.05) is 0 Å². The molecule has 9 heteroatoms. The lowest BCUT2D eigenvalue weighted by atomic mass is 10.2. The van der Waals surface area contributed by atoms with Crippen molar-refractivity contribution >= 4 is 29.7 Å². The molecule has 2 aliphatic rings. The normalized spacial score (nSPS) is 22.9. The van der Waals surface area contributed by atoms with Crippen LogP contribution in [0.3, 0.4) is 0 Å². The van der Waals surface area contributed by atoms with Gasteiger partial charge < -0.3 is 10.0 Å². The summed E-state index contributed by atoms with van der Waals surface area (Å²) in [6.45, 7) is -0.354. The second kappa shape index (κ2) is 4.91. The van der Waals surface area contributed by atoms with Gasteiger partial charge in [0.15, 0.2) is 0 Å². The van der Waals surface area contributed by atoms with Crippen LogP contribution in [-0.4, -0.2) is 75.7 Å². The van der Waals surface area contributed by atoms with E-state index in [0.29, 0.717) is 22.6 Å². The molecule has 0 aromatic heterocycles. The number of aliphatic carboxylic acids is 1. The van der Waals surface area contributed by atoms with E-state index >= 15 is 0 Å². The van der Waals surface area contributed by atoms with Crippen LogP contribution in [0.2, 0.25) is 0 Å². The standard InChI is InChI=1S/C11H13N3O6/c1-12-8(16)9(17)14(11(12)20)5-7(15)13-4-2-3-6(13)10(18)19/h6H,2-5H2,1H3,(H,18,19)/t6-/m1/s1. The third-order valence-corrected chi connectivity index (χ3v) is 3.40. The quantitative estimate of drug-likeness (QED) is 0.497. The van der Waals surface area contributed by atoms with E-state index in [4.69, 9.17) is 5.11 Å². The van der Waals surface area contributed by atoms with E-state index in [1.165, 1.54) is 0 Å². The van der Waals surface area contributed by atoms with Crippen LogP contribution >= 0.6 is 0 Å². The molecule has 0 radical (unpaired) electrons. The minimum absolute atomic E-state index is 0.260. The lowest BCUT2D eigenvalue weighted by molar-refractivity contribution is -0.149. The maximum Gasteiger partial charge on any atom is 0.334 e. The topological polar surface area (TPSA) is 115 Å². The van der Waals surface area contributed by atoms with Gasteiger partial charge in [-0.1, -0.05) is 0 Å². The molecule has 2 rings (SSSR count). The van der Waals surface area contributed by atoms with Gasteiger partial charge in [0.2, 0.25) is 5.91 Å². The van der Waals surface area contributed by atoms with Crippen molar-refractivity contribution < 1.29 is 29.1 Å². The van der Waals surface area contributed by atoms with Crippen molar-refractivity contribution in [3.05, 3.63) is 0 Å². The van der Waals surface area contributed by atoms with Crippen LogP contribution in [0, 0.1) is 0 Å². The molecule has 0 aliphatic carbocycles. The molecule has 2 saturated heterocycles. The molecule has 0 bridgehead atoms. The molecule has 9 nitrogen and oxygen atoms in total. The lowest BCUT2D eigenvalue weighted by Crippen LogP contribution is -2.47. The zero-order valence-electron chi connectivity index (χ0n) is 10.7. The smallest absolute Gasteiger partial charge is 0.334 e. The second-order valence-electron chi connectivity index (χ2n) is 4.62. The van der Waals surface area contributed by atoms with Gasteiger partial charge in [0.1, 0.15) is 12.6 Å². The van der Waals surface area contributed by atoms with Crippen LogP contribution in [0.15, 0.2) is 0 Å². The number of imide groups is 2. The SMILES string of the molecule is CN1C(=O)C(=O)N(CC(=O)N2CCC[C@@H]2C(=O)O)C1=O. The highest BCUT2D eigenvalue weighted by molar-refractivity contribution is 6.44. The Kier molecular flexibility index (Phi) is 3.43. The van der Waals surface area contributed by atoms with E-state index in [2.05, 4.69) is 0 Å². The highest BCUT2D eigenvalue weighted by atomic mass is 16.4. The number of carboxylic acids is 1. The highest BCUT2D eigenvalue weighted by Gasteiger charge is 2.44. The summed E-state index contributed by atoms with van der Waals surface area (Å²) in [6, 6.07) is -1.82. The van der Waals surface area contributed by atoms with Gasteiger partial charge in [0.25, 0.3) is 0 Å². The van der Waals surface area contributed by atoms with Crippen molar-refractivity contribution in [2.24, 2.45) is 0 Å². The van der Waals surface area contributed by atoms with Crippen molar-refractivity contribution in [1.82, 2.24) is 14.7 Å². The molecular formula is C11H13N3O6. The summed E-state index contributed by atoms with van der Waals surface area (Å²) in [6.07, 6.45) is 0.880. The van der Waals surface area contributed by atoms with Gasteiger partial charge in [0, 0.05) is 13.6 Å². The summed E-state index contributed by atoms with van der Waals surface area (Å²) >= 11 is 0. The number of hydrogen-bond donors (Lipinski definition) is 1. The summed E-state index contributed by atoms with van der Waals surface area (Å²) in [4.78, 5) is 59.7. The predicted molar refractivity (Wildman–Crippen MR) is 62.2 cm³/mol. The molecule has 2 heterocycles. The van der Waals surface area contributed by atoms with Crippen LogP contribution in [0.5, 0.6) is 0 Å². The number of amides is 5. The Bertz CT molecular complexity index is 516. The first-order chi connectivity index (χ1) is 9.34. The third kappa shape index (κ3) is 2.10. The Hall–Kier alpha value is -2.45. The fourth-order valence-electron chi connectivity index (χ4n) is 2.30. The maximum absolute atomic E-state index is 12.0.